The van der Waals surface area contributed by atoms with Gasteiger partial charge in [0.2, 0.25) is 5.91 Å². The zero-order valence-electron chi connectivity index (χ0n) is 12.4. The molecule has 0 aliphatic heterocycles. The minimum Gasteiger partial charge on any atom is -0.326 e. The number of halogens is 1. The molecule has 118 valence electrons. The molecule has 2 nitrogen and oxygen atoms in total. The van der Waals surface area contributed by atoms with Gasteiger partial charge in [-0.25, -0.2) is 4.39 Å². The molecular formula is C18H16FNOS2. The summed E-state index contributed by atoms with van der Waals surface area (Å²) in [7, 11) is 0. The topological polar surface area (TPSA) is 29.1 Å². The molecule has 3 rings (SSSR count). The van der Waals surface area contributed by atoms with Gasteiger partial charge >= 0.3 is 0 Å². The Kier molecular flexibility index (Phi) is 5.31. The number of thioether (sulfide) groups is 1. The van der Waals surface area contributed by atoms with Crippen LogP contribution in [0, 0.1) is 5.82 Å². The second-order valence-corrected chi connectivity index (χ2v) is 7.24. The maximum atomic E-state index is 12.8. The third kappa shape index (κ3) is 4.56. The molecule has 0 unspecified atom stereocenters. The Balaban J connectivity index is 1.43. The molecule has 0 radical (unpaired) electrons. The van der Waals surface area contributed by atoms with Gasteiger partial charge in [-0.15, -0.1) is 23.1 Å². The number of nitrogens with one attached hydrogen (secondary N) is 1. The summed E-state index contributed by atoms with van der Waals surface area (Å²) in [4.78, 5) is 13.0. The van der Waals surface area contributed by atoms with E-state index in [0.717, 1.165) is 28.1 Å². The Morgan fingerprint density at radius 2 is 1.96 bits per heavy atom. The molecule has 1 amide bonds. The highest BCUT2D eigenvalue weighted by atomic mass is 32.2. The van der Waals surface area contributed by atoms with Crippen LogP contribution in [0.25, 0.3) is 10.1 Å². The van der Waals surface area contributed by atoms with Gasteiger partial charge in [-0.05, 0) is 71.5 Å². The first-order valence-corrected chi connectivity index (χ1v) is 9.23. The Morgan fingerprint density at radius 1 is 1.13 bits per heavy atom. The minimum absolute atomic E-state index is 0.0271. The molecule has 0 atom stereocenters. The van der Waals surface area contributed by atoms with E-state index in [-0.39, 0.29) is 11.7 Å². The molecule has 23 heavy (non-hydrogen) atoms. The summed E-state index contributed by atoms with van der Waals surface area (Å²) in [6.45, 7) is 0. The zero-order chi connectivity index (χ0) is 16.1. The normalized spacial score (nSPS) is 10.8. The Bertz CT molecular complexity index is 798. The zero-order valence-corrected chi connectivity index (χ0v) is 14.1. The van der Waals surface area contributed by atoms with Crippen molar-refractivity contribution in [1.29, 1.82) is 0 Å². The van der Waals surface area contributed by atoms with Crippen LogP contribution in [-0.4, -0.2) is 11.7 Å². The number of carbonyl (C=O) groups is 1. The fraction of sp³-hybridized carbons (Fsp3) is 0.167. The minimum atomic E-state index is -0.226. The Hall–Kier alpha value is -1.85. The largest absolute Gasteiger partial charge is 0.326 e. The summed E-state index contributed by atoms with van der Waals surface area (Å²) in [6, 6.07) is 14.4. The molecule has 0 bridgehead atoms. The van der Waals surface area contributed by atoms with Gasteiger partial charge in [-0.2, -0.15) is 0 Å². The fourth-order valence-corrected chi connectivity index (χ4v) is 3.85. The summed E-state index contributed by atoms with van der Waals surface area (Å²) in [5, 5.41) is 6.13. The maximum absolute atomic E-state index is 12.8. The first-order chi connectivity index (χ1) is 11.2. The number of anilines is 1. The van der Waals surface area contributed by atoms with Gasteiger partial charge in [-0.1, -0.05) is 0 Å². The van der Waals surface area contributed by atoms with Crippen molar-refractivity contribution in [3.8, 4) is 0 Å². The van der Waals surface area contributed by atoms with E-state index < -0.39 is 0 Å². The van der Waals surface area contributed by atoms with Crippen molar-refractivity contribution in [2.24, 2.45) is 0 Å². The lowest BCUT2D eigenvalue weighted by Gasteiger charge is -2.05. The number of amides is 1. The number of rotatable bonds is 6. The molecule has 0 saturated carbocycles. The first-order valence-electron chi connectivity index (χ1n) is 7.36. The van der Waals surface area contributed by atoms with Crippen LogP contribution in [0.5, 0.6) is 0 Å². The Morgan fingerprint density at radius 3 is 2.78 bits per heavy atom. The number of benzene rings is 2. The summed E-state index contributed by atoms with van der Waals surface area (Å²) in [5.41, 5.74) is 0.840. The van der Waals surface area contributed by atoms with Crippen molar-refractivity contribution in [2.45, 2.75) is 17.7 Å². The molecule has 2 aromatic carbocycles. The lowest BCUT2D eigenvalue weighted by molar-refractivity contribution is -0.116. The van der Waals surface area contributed by atoms with Crippen molar-refractivity contribution in [3.05, 3.63) is 59.7 Å². The average molecular weight is 345 g/mol. The molecule has 0 aliphatic rings. The average Bonchev–Trinajstić information content (AvgIpc) is 3.01. The van der Waals surface area contributed by atoms with Crippen molar-refractivity contribution in [2.75, 3.05) is 11.1 Å². The summed E-state index contributed by atoms with van der Waals surface area (Å²) in [5.74, 6) is 0.637. The SMILES string of the molecule is O=C(CCCSc1ccc(F)cc1)Nc1ccc2sccc2c1. The van der Waals surface area contributed by atoms with Gasteiger partial charge < -0.3 is 5.32 Å². The second-order valence-electron chi connectivity index (χ2n) is 5.13. The highest BCUT2D eigenvalue weighted by Crippen LogP contribution is 2.24. The van der Waals surface area contributed by atoms with E-state index in [4.69, 9.17) is 0 Å². The van der Waals surface area contributed by atoms with E-state index in [9.17, 15) is 9.18 Å². The van der Waals surface area contributed by atoms with Gasteiger partial charge in [0.15, 0.2) is 0 Å². The predicted molar refractivity (Wildman–Crippen MR) is 96.8 cm³/mol. The molecule has 5 heteroatoms. The highest BCUT2D eigenvalue weighted by Gasteiger charge is 2.04. The second kappa shape index (κ2) is 7.62. The number of fused-ring (bicyclic) bond motifs is 1. The molecule has 1 heterocycles. The van der Waals surface area contributed by atoms with Crippen molar-refractivity contribution in [3.63, 3.8) is 0 Å². The van der Waals surface area contributed by atoms with Gasteiger partial charge in [0.05, 0.1) is 0 Å². The van der Waals surface area contributed by atoms with Gasteiger partial charge in [0.1, 0.15) is 5.82 Å². The predicted octanol–water partition coefficient (Wildman–Crippen LogP) is 5.55. The number of hydrogen-bond donors (Lipinski definition) is 1. The molecule has 0 spiro atoms. The fourth-order valence-electron chi connectivity index (χ4n) is 2.22. The third-order valence-corrected chi connectivity index (χ3v) is 5.36. The standard InChI is InChI=1S/C18H16FNOS2/c19-14-3-6-16(7-4-14)22-10-1-2-18(21)20-15-5-8-17-13(12-15)9-11-23-17/h3-9,11-12H,1-2,10H2,(H,20,21). The van der Waals surface area contributed by atoms with Gasteiger partial charge in [0, 0.05) is 21.7 Å². The Labute approximate surface area is 142 Å². The monoisotopic (exact) mass is 345 g/mol. The van der Waals surface area contributed by atoms with Crippen LogP contribution >= 0.6 is 23.1 Å². The molecule has 0 fully saturated rings. The van der Waals surface area contributed by atoms with E-state index >= 15 is 0 Å². The number of hydrogen-bond acceptors (Lipinski definition) is 3. The van der Waals surface area contributed by atoms with Gasteiger partial charge in [0.25, 0.3) is 0 Å². The van der Waals surface area contributed by atoms with Crippen LogP contribution in [0.2, 0.25) is 0 Å². The lowest BCUT2D eigenvalue weighted by Crippen LogP contribution is -2.11. The van der Waals surface area contributed by atoms with E-state index in [1.54, 1.807) is 35.2 Å². The molecule has 0 saturated heterocycles. The molecule has 0 aliphatic carbocycles. The van der Waals surface area contributed by atoms with Crippen LogP contribution < -0.4 is 5.32 Å². The lowest BCUT2D eigenvalue weighted by atomic mass is 10.2. The molecule has 1 N–H and O–H groups in total. The van der Waals surface area contributed by atoms with Crippen molar-refractivity contribution < 1.29 is 9.18 Å². The van der Waals surface area contributed by atoms with E-state index in [2.05, 4.69) is 11.4 Å². The maximum Gasteiger partial charge on any atom is 0.224 e. The van der Waals surface area contributed by atoms with Crippen molar-refractivity contribution in [1.82, 2.24) is 0 Å². The summed E-state index contributed by atoms with van der Waals surface area (Å²) in [6.07, 6.45) is 1.27. The third-order valence-electron chi connectivity index (χ3n) is 3.37. The van der Waals surface area contributed by atoms with Crippen molar-refractivity contribution >= 4 is 44.8 Å². The van der Waals surface area contributed by atoms with Crippen LogP contribution in [0.1, 0.15) is 12.8 Å². The quantitative estimate of drug-likeness (QED) is 0.469. The molecule has 3 aromatic rings. The molecule has 1 aromatic heterocycles. The summed E-state index contributed by atoms with van der Waals surface area (Å²) < 4.78 is 14.0. The van der Waals surface area contributed by atoms with E-state index in [0.29, 0.717) is 6.42 Å². The summed E-state index contributed by atoms with van der Waals surface area (Å²) >= 11 is 3.33. The highest BCUT2D eigenvalue weighted by molar-refractivity contribution is 7.99. The van der Waals surface area contributed by atoms with Crippen LogP contribution in [-0.2, 0) is 4.79 Å². The van der Waals surface area contributed by atoms with Gasteiger partial charge in [-0.3, -0.25) is 4.79 Å². The first kappa shape index (κ1) is 16.0. The smallest absolute Gasteiger partial charge is 0.224 e. The molecular weight excluding hydrogens is 329 g/mol. The number of thiophene rings is 1. The van der Waals surface area contributed by atoms with E-state index in [1.165, 1.54) is 16.8 Å². The van der Waals surface area contributed by atoms with E-state index in [1.807, 2.05) is 23.6 Å². The van der Waals surface area contributed by atoms with Crippen LogP contribution in [0.4, 0.5) is 10.1 Å². The number of carbonyl (C=O) groups excluding carboxylic acids is 1. The van der Waals surface area contributed by atoms with Crippen LogP contribution in [0.3, 0.4) is 0 Å². The van der Waals surface area contributed by atoms with Crippen LogP contribution in [0.15, 0.2) is 58.8 Å².